The molecule has 192 valence electrons. The van der Waals surface area contributed by atoms with Gasteiger partial charge >= 0.3 is 0 Å². The smallest absolute Gasteiger partial charge is 0.236 e. The Bertz CT molecular complexity index is 626. The fourth-order valence-corrected chi connectivity index (χ4v) is 5.98. The van der Waals surface area contributed by atoms with Crippen molar-refractivity contribution in [3.05, 3.63) is 0 Å². The maximum atomic E-state index is 12.8. The van der Waals surface area contributed by atoms with Gasteiger partial charge in [0.1, 0.15) is 0 Å². The monoisotopic (exact) mass is 465 g/mol. The number of hydrogen-bond donors (Lipinski definition) is 0. The van der Waals surface area contributed by atoms with Crippen LogP contribution in [0.25, 0.3) is 0 Å². The van der Waals surface area contributed by atoms with Crippen molar-refractivity contribution in [2.45, 2.75) is 90.8 Å². The minimum absolute atomic E-state index is 0.100. The molecule has 33 heavy (non-hydrogen) atoms. The van der Waals surface area contributed by atoms with E-state index >= 15 is 0 Å². The predicted molar refractivity (Wildman–Crippen MR) is 136 cm³/mol. The summed E-state index contributed by atoms with van der Waals surface area (Å²) in [6.45, 7) is 20.9. The molecule has 0 aliphatic carbocycles. The Morgan fingerprint density at radius 1 is 0.848 bits per heavy atom. The SMILES string of the molecule is CC(C)N1CCN(CC2CN(C(C)C)CC(CC3CN(C(C)C)CCC3N(C)C)O2)C(=O)C1. The highest BCUT2D eigenvalue weighted by Gasteiger charge is 2.38. The van der Waals surface area contributed by atoms with Gasteiger partial charge in [0.05, 0.1) is 18.8 Å². The highest BCUT2D eigenvalue weighted by molar-refractivity contribution is 5.79. The van der Waals surface area contributed by atoms with Crippen LogP contribution in [0.2, 0.25) is 0 Å². The summed E-state index contributed by atoms with van der Waals surface area (Å²) in [6.07, 6.45) is 2.66. The Kier molecular flexibility index (Phi) is 9.61. The van der Waals surface area contributed by atoms with Crippen molar-refractivity contribution >= 4 is 5.91 Å². The van der Waals surface area contributed by atoms with Gasteiger partial charge in [0.15, 0.2) is 0 Å². The lowest BCUT2D eigenvalue weighted by Gasteiger charge is -2.47. The van der Waals surface area contributed by atoms with Gasteiger partial charge in [-0.15, -0.1) is 0 Å². The van der Waals surface area contributed by atoms with Crippen molar-refractivity contribution in [3.8, 4) is 0 Å². The summed E-state index contributed by atoms with van der Waals surface area (Å²) in [5, 5.41) is 0. The predicted octanol–water partition coefficient (Wildman–Crippen LogP) is 2.07. The number of nitrogens with zero attached hydrogens (tertiary/aromatic N) is 5. The third-order valence-electron chi connectivity index (χ3n) is 8.18. The molecule has 0 aromatic rings. The Balaban J connectivity index is 1.65. The first-order valence-corrected chi connectivity index (χ1v) is 13.4. The van der Waals surface area contributed by atoms with Gasteiger partial charge in [0.2, 0.25) is 5.91 Å². The van der Waals surface area contributed by atoms with Crippen molar-refractivity contribution in [3.63, 3.8) is 0 Å². The lowest BCUT2D eigenvalue weighted by molar-refractivity contribution is -0.146. The molecule has 3 aliphatic heterocycles. The lowest BCUT2D eigenvalue weighted by Crippen LogP contribution is -2.59. The van der Waals surface area contributed by atoms with Crippen molar-refractivity contribution in [2.24, 2.45) is 5.92 Å². The van der Waals surface area contributed by atoms with Crippen molar-refractivity contribution in [1.82, 2.24) is 24.5 Å². The third-order valence-corrected chi connectivity index (χ3v) is 8.18. The van der Waals surface area contributed by atoms with Crippen LogP contribution in [0.15, 0.2) is 0 Å². The van der Waals surface area contributed by atoms with Crippen molar-refractivity contribution < 1.29 is 9.53 Å². The molecule has 0 saturated carbocycles. The van der Waals surface area contributed by atoms with E-state index in [1.165, 1.54) is 13.0 Å². The standard InChI is InChI=1S/C26H51N5O2/c1-19(2)28-10-9-25(27(7)8)22(14-28)13-23-15-31(21(5)6)17-24(33-23)16-30-12-11-29(20(3)4)18-26(30)32/h19-25H,9-18H2,1-8H3. The lowest BCUT2D eigenvalue weighted by atomic mass is 9.85. The van der Waals surface area contributed by atoms with Crippen LogP contribution in [0.4, 0.5) is 0 Å². The second-order valence-electron chi connectivity index (χ2n) is 11.7. The molecule has 0 N–H and O–H groups in total. The normalized spacial score (nSPS) is 31.5. The van der Waals surface area contributed by atoms with Crippen molar-refractivity contribution in [1.29, 1.82) is 0 Å². The maximum absolute atomic E-state index is 12.8. The van der Waals surface area contributed by atoms with Crippen LogP contribution >= 0.6 is 0 Å². The molecular weight excluding hydrogens is 414 g/mol. The highest BCUT2D eigenvalue weighted by Crippen LogP contribution is 2.29. The second-order valence-corrected chi connectivity index (χ2v) is 11.7. The average molecular weight is 466 g/mol. The number of likely N-dealkylation sites (tertiary alicyclic amines) is 1. The summed E-state index contributed by atoms with van der Waals surface area (Å²) in [4.78, 5) is 24.8. The molecule has 7 nitrogen and oxygen atoms in total. The Hall–Kier alpha value is -0.730. The molecule has 0 bridgehead atoms. The van der Waals surface area contributed by atoms with Gasteiger partial charge < -0.3 is 19.4 Å². The first-order valence-electron chi connectivity index (χ1n) is 13.4. The molecule has 0 aromatic heterocycles. The Morgan fingerprint density at radius 2 is 1.48 bits per heavy atom. The zero-order valence-corrected chi connectivity index (χ0v) is 22.7. The molecule has 3 saturated heterocycles. The number of ether oxygens (including phenoxy) is 1. The maximum Gasteiger partial charge on any atom is 0.236 e. The molecule has 0 radical (unpaired) electrons. The van der Waals surface area contributed by atoms with E-state index in [1.807, 2.05) is 4.90 Å². The van der Waals surface area contributed by atoms with Gasteiger partial charge in [-0.2, -0.15) is 0 Å². The van der Waals surface area contributed by atoms with Crippen LogP contribution in [0, 0.1) is 5.92 Å². The summed E-state index contributed by atoms with van der Waals surface area (Å²) in [5.41, 5.74) is 0. The van der Waals surface area contributed by atoms with Crippen LogP contribution in [-0.2, 0) is 9.53 Å². The largest absolute Gasteiger partial charge is 0.370 e. The van der Waals surface area contributed by atoms with Gasteiger partial charge in [-0.25, -0.2) is 0 Å². The summed E-state index contributed by atoms with van der Waals surface area (Å²) < 4.78 is 6.73. The first kappa shape index (κ1) is 26.9. The van der Waals surface area contributed by atoms with Crippen LogP contribution in [0.5, 0.6) is 0 Å². The number of hydrogen-bond acceptors (Lipinski definition) is 6. The third kappa shape index (κ3) is 7.14. The highest BCUT2D eigenvalue weighted by atomic mass is 16.5. The number of rotatable bonds is 8. The summed E-state index contributed by atoms with van der Waals surface area (Å²) in [7, 11) is 4.46. The number of morpholine rings is 1. The Morgan fingerprint density at radius 3 is 2.06 bits per heavy atom. The van der Waals surface area contributed by atoms with E-state index in [0.29, 0.717) is 36.6 Å². The molecule has 1 amide bonds. The van der Waals surface area contributed by atoms with E-state index in [1.54, 1.807) is 0 Å². The number of carbonyl (C=O) groups is 1. The van der Waals surface area contributed by atoms with E-state index in [2.05, 4.69) is 75.2 Å². The number of piperazine rings is 1. The molecule has 7 heteroatoms. The molecular formula is C26H51N5O2. The number of carbonyl (C=O) groups excluding carboxylic acids is 1. The van der Waals surface area contributed by atoms with Gasteiger partial charge in [0.25, 0.3) is 0 Å². The van der Waals surface area contributed by atoms with Crippen LogP contribution in [0.3, 0.4) is 0 Å². The van der Waals surface area contributed by atoms with Crippen LogP contribution < -0.4 is 0 Å². The zero-order valence-electron chi connectivity index (χ0n) is 22.7. The quantitative estimate of drug-likeness (QED) is 0.547. The van der Waals surface area contributed by atoms with Gasteiger partial charge in [-0.3, -0.25) is 14.6 Å². The number of amides is 1. The molecule has 3 rings (SSSR count). The minimum atomic E-state index is 0.100. The molecule has 0 spiro atoms. The average Bonchev–Trinajstić information content (AvgIpc) is 2.74. The summed E-state index contributed by atoms with van der Waals surface area (Å²) >= 11 is 0. The van der Waals surface area contributed by atoms with E-state index in [9.17, 15) is 4.79 Å². The van der Waals surface area contributed by atoms with Gasteiger partial charge in [0, 0.05) is 63.4 Å². The second kappa shape index (κ2) is 11.8. The van der Waals surface area contributed by atoms with Gasteiger partial charge in [-0.05, 0) is 80.9 Å². The van der Waals surface area contributed by atoms with E-state index in [-0.39, 0.29) is 18.1 Å². The molecule has 0 aromatic carbocycles. The zero-order chi connectivity index (χ0) is 24.3. The van der Waals surface area contributed by atoms with E-state index in [4.69, 9.17) is 4.74 Å². The molecule has 4 atom stereocenters. The van der Waals surface area contributed by atoms with E-state index < -0.39 is 0 Å². The fraction of sp³-hybridized carbons (Fsp3) is 0.962. The molecule has 3 fully saturated rings. The van der Waals surface area contributed by atoms with E-state index in [0.717, 1.165) is 45.7 Å². The molecule has 3 heterocycles. The summed E-state index contributed by atoms with van der Waals surface area (Å²) in [6, 6.07) is 2.13. The minimum Gasteiger partial charge on any atom is -0.370 e. The fourth-order valence-electron chi connectivity index (χ4n) is 5.98. The van der Waals surface area contributed by atoms with Crippen molar-refractivity contribution in [2.75, 3.05) is 66.5 Å². The topological polar surface area (TPSA) is 42.5 Å². The number of piperidine rings is 1. The first-order chi connectivity index (χ1) is 15.5. The molecule has 3 aliphatic rings. The van der Waals surface area contributed by atoms with Crippen LogP contribution in [0.1, 0.15) is 54.4 Å². The molecule has 4 unspecified atom stereocenters. The summed E-state index contributed by atoms with van der Waals surface area (Å²) in [5.74, 6) is 0.870. The van der Waals surface area contributed by atoms with Gasteiger partial charge in [-0.1, -0.05) is 0 Å². The Labute approximate surface area is 203 Å². The van der Waals surface area contributed by atoms with Crippen LogP contribution in [-0.4, -0.2) is 133 Å².